The number of rotatable bonds is 5. The summed E-state index contributed by atoms with van der Waals surface area (Å²) in [4.78, 5) is 11.6. The van der Waals surface area contributed by atoms with Gasteiger partial charge >= 0.3 is 5.97 Å². The lowest BCUT2D eigenvalue weighted by atomic mass is 10.1. The van der Waals surface area contributed by atoms with Crippen LogP contribution in [0.25, 0.3) is 0 Å². The molecule has 2 nitrogen and oxygen atoms in total. The maximum absolute atomic E-state index is 10.6. The average Bonchev–Trinajstić information content (AvgIpc) is 2.39. The standard InChI is InChI=1S/C15H13ClO2S/c16-13-3-1-2-4-14(13)19-10-12-7-5-11(6-8-12)9-15(17)18/h1-8H,9-10H2,(H,17,18). The average molecular weight is 293 g/mol. The van der Waals surface area contributed by atoms with Gasteiger partial charge in [0.25, 0.3) is 0 Å². The number of carboxylic acids is 1. The Hall–Kier alpha value is -1.45. The topological polar surface area (TPSA) is 37.3 Å². The molecule has 0 aliphatic carbocycles. The largest absolute Gasteiger partial charge is 0.481 e. The molecule has 0 heterocycles. The fourth-order valence-electron chi connectivity index (χ4n) is 1.65. The Bertz CT molecular complexity index is 567. The number of thioether (sulfide) groups is 1. The van der Waals surface area contributed by atoms with Gasteiger partial charge < -0.3 is 5.11 Å². The third kappa shape index (κ3) is 4.30. The van der Waals surface area contributed by atoms with E-state index in [-0.39, 0.29) is 6.42 Å². The highest BCUT2D eigenvalue weighted by atomic mass is 35.5. The second-order valence-corrected chi connectivity index (χ2v) is 5.53. The normalized spacial score (nSPS) is 10.4. The van der Waals surface area contributed by atoms with Crippen LogP contribution in [0.3, 0.4) is 0 Å². The molecule has 0 unspecified atom stereocenters. The Morgan fingerprint density at radius 1 is 1.05 bits per heavy atom. The van der Waals surface area contributed by atoms with Gasteiger partial charge in [-0.05, 0) is 23.3 Å². The van der Waals surface area contributed by atoms with Crippen LogP contribution in [-0.2, 0) is 17.0 Å². The van der Waals surface area contributed by atoms with E-state index in [4.69, 9.17) is 16.7 Å². The van der Waals surface area contributed by atoms with Crippen LogP contribution < -0.4 is 0 Å². The molecule has 19 heavy (non-hydrogen) atoms. The van der Waals surface area contributed by atoms with E-state index in [0.29, 0.717) is 0 Å². The number of halogens is 1. The summed E-state index contributed by atoms with van der Waals surface area (Å²) < 4.78 is 0. The lowest BCUT2D eigenvalue weighted by molar-refractivity contribution is -0.136. The molecule has 0 saturated carbocycles. The van der Waals surface area contributed by atoms with Crippen molar-refractivity contribution in [3.63, 3.8) is 0 Å². The minimum absolute atomic E-state index is 0.0674. The van der Waals surface area contributed by atoms with Gasteiger partial charge in [-0.1, -0.05) is 48.0 Å². The minimum atomic E-state index is -0.807. The minimum Gasteiger partial charge on any atom is -0.481 e. The van der Waals surface area contributed by atoms with E-state index in [0.717, 1.165) is 26.8 Å². The van der Waals surface area contributed by atoms with Crippen molar-refractivity contribution in [3.05, 3.63) is 64.7 Å². The number of carboxylic acid groups (broad SMARTS) is 1. The molecule has 98 valence electrons. The van der Waals surface area contributed by atoms with E-state index in [1.165, 1.54) is 0 Å². The molecule has 1 N–H and O–H groups in total. The van der Waals surface area contributed by atoms with Gasteiger partial charge in [0.15, 0.2) is 0 Å². The molecule has 0 fully saturated rings. The summed E-state index contributed by atoms with van der Waals surface area (Å²) in [6.07, 6.45) is 0.0674. The molecule has 0 radical (unpaired) electrons. The van der Waals surface area contributed by atoms with Crippen molar-refractivity contribution < 1.29 is 9.90 Å². The first-order valence-electron chi connectivity index (χ1n) is 5.82. The first-order chi connectivity index (χ1) is 9.15. The summed E-state index contributed by atoms with van der Waals surface area (Å²) in [6.45, 7) is 0. The molecule has 0 spiro atoms. The summed E-state index contributed by atoms with van der Waals surface area (Å²) in [6, 6.07) is 15.4. The Balaban J connectivity index is 1.97. The van der Waals surface area contributed by atoms with Crippen LogP contribution in [-0.4, -0.2) is 11.1 Å². The van der Waals surface area contributed by atoms with Crippen molar-refractivity contribution in [1.29, 1.82) is 0 Å². The van der Waals surface area contributed by atoms with Gasteiger partial charge in [-0.15, -0.1) is 11.8 Å². The summed E-state index contributed by atoms with van der Waals surface area (Å²) in [5.74, 6) is 0.00932. The molecule has 0 atom stereocenters. The zero-order valence-corrected chi connectivity index (χ0v) is 11.7. The molecule has 0 saturated heterocycles. The van der Waals surface area contributed by atoms with E-state index < -0.39 is 5.97 Å². The monoisotopic (exact) mass is 292 g/mol. The lowest BCUT2D eigenvalue weighted by Gasteiger charge is -2.05. The van der Waals surface area contributed by atoms with Crippen molar-refractivity contribution in [3.8, 4) is 0 Å². The molecule has 2 rings (SSSR count). The van der Waals surface area contributed by atoms with Gasteiger partial charge in [0.2, 0.25) is 0 Å². The van der Waals surface area contributed by atoms with Gasteiger partial charge in [0, 0.05) is 10.6 Å². The van der Waals surface area contributed by atoms with Crippen molar-refractivity contribution in [1.82, 2.24) is 0 Å². The Morgan fingerprint density at radius 2 is 1.68 bits per heavy atom. The van der Waals surface area contributed by atoms with Gasteiger partial charge in [-0.3, -0.25) is 4.79 Å². The molecular weight excluding hydrogens is 280 g/mol. The molecule has 0 aliphatic heterocycles. The van der Waals surface area contributed by atoms with Crippen LogP contribution in [0.2, 0.25) is 5.02 Å². The van der Waals surface area contributed by atoms with Crippen molar-refractivity contribution in [2.45, 2.75) is 17.1 Å². The molecule has 0 aromatic heterocycles. The Morgan fingerprint density at radius 3 is 2.32 bits per heavy atom. The molecule has 2 aromatic carbocycles. The highest BCUT2D eigenvalue weighted by Gasteiger charge is 2.02. The van der Waals surface area contributed by atoms with Gasteiger partial charge in [-0.25, -0.2) is 0 Å². The van der Waals surface area contributed by atoms with Crippen LogP contribution in [0, 0.1) is 0 Å². The fourth-order valence-corrected chi connectivity index (χ4v) is 2.85. The fraction of sp³-hybridized carbons (Fsp3) is 0.133. The van der Waals surface area contributed by atoms with Crippen molar-refractivity contribution in [2.24, 2.45) is 0 Å². The zero-order chi connectivity index (χ0) is 13.7. The van der Waals surface area contributed by atoms with E-state index in [2.05, 4.69) is 0 Å². The summed E-state index contributed by atoms with van der Waals surface area (Å²) in [5.41, 5.74) is 1.97. The number of hydrogen-bond acceptors (Lipinski definition) is 2. The second kappa shape index (κ2) is 6.64. The third-order valence-electron chi connectivity index (χ3n) is 2.61. The maximum Gasteiger partial charge on any atom is 0.307 e. The lowest BCUT2D eigenvalue weighted by Crippen LogP contribution is -1.99. The SMILES string of the molecule is O=C(O)Cc1ccc(CSc2ccccc2Cl)cc1. The first kappa shape index (κ1) is 14.0. The molecular formula is C15H13ClO2S. The van der Waals surface area contributed by atoms with Gasteiger partial charge in [0.1, 0.15) is 0 Å². The second-order valence-electron chi connectivity index (χ2n) is 4.11. The first-order valence-corrected chi connectivity index (χ1v) is 7.18. The molecule has 0 aliphatic rings. The number of hydrogen-bond donors (Lipinski definition) is 1. The van der Waals surface area contributed by atoms with E-state index in [1.807, 2.05) is 48.5 Å². The number of benzene rings is 2. The molecule has 0 bridgehead atoms. The number of aliphatic carboxylic acids is 1. The zero-order valence-electron chi connectivity index (χ0n) is 10.2. The molecule has 0 amide bonds. The predicted molar refractivity (Wildman–Crippen MR) is 78.8 cm³/mol. The smallest absolute Gasteiger partial charge is 0.307 e. The van der Waals surface area contributed by atoms with Crippen LogP contribution in [0.1, 0.15) is 11.1 Å². The maximum atomic E-state index is 10.6. The van der Waals surface area contributed by atoms with Crippen molar-refractivity contribution >= 4 is 29.3 Å². The third-order valence-corrected chi connectivity index (χ3v) is 4.20. The van der Waals surface area contributed by atoms with E-state index in [1.54, 1.807) is 11.8 Å². The highest BCUT2D eigenvalue weighted by molar-refractivity contribution is 7.98. The Kier molecular flexibility index (Phi) is 4.88. The Labute approximate surface area is 121 Å². The molecule has 2 aromatic rings. The number of carbonyl (C=O) groups is 1. The van der Waals surface area contributed by atoms with Gasteiger partial charge in [0.05, 0.1) is 11.4 Å². The quantitative estimate of drug-likeness (QED) is 0.837. The molecule has 4 heteroatoms. The van der Waals surface area contributed by atoms with E-state index >= 15 is 0 Å². The predicted octanol–water partition coefficient (Wildman–Crippen LogP) is 4.26. The van der Waals surface area contributed by atoms with E-state index in [9.17, 15) is 4.79 Å². The van der Waals surface area contributed by atoms with Crippen LogP contribution >= 0.6 is 23.4 Å². The van der Waals surface area contributed by atoms with Crippen LogP contribution in [0.5, 0.6) is 0 Å². The van der Waals surface area contributed by atoms with Crippen molar-refractivity contribution in [2.75, 3.05) is 0 Å². The summed E-state index contributed by atoms with van der Waals surface area (Å²) >= 11 is 7.76. The van der Waals surface area contributed by atoms with Gasteiger partial charge in [-0.2, -0.15) is 0 Å². The highest BCUT2D eigenvalue weighted by Crippen LogP contribution is 2.29. The van der Waals surface area contributed by atoms with Crippen LogP contribution in [0.4, 0.5) is 0 Å². The summed E-state index contributed by atoms with van der Waals surface area (Å²) in [5, 5.41) is 9.46. The van der Waals surface area contributed by atoms with Crippen LogP contribution in [0.15, 0.2) is 53.4 Å². The summed E-state index contributed by atoms with van der Waals surface area (Å²) in [7, 11) is 0.